The van der Waals surface area contributed by atoms with E-state index in [1.165, 1.54) is 0 Å². The molecule has 1 aromatic carbocycles. The van der Waals surface area contributed by atoms with Crippen molar-refractivity contribution in [3.8, 4) is 0 Å². The number of rotatable bonds is 2. The van der Waals surface area contributed by atoms with Gasteiger partial charge in [-0.1, -0.05) is 18.2 Å². The molecule has 0 saturated heterocycles. The molecule has 1 aromatic rings. The molecule has 1 atom stereocenters. The highest BCUT2D eigenvalue weighted by molar-refractivity contribution is 5.49. The summed E-state index contributed by atoms with van der Waals surface area (Å²) in [5, 5.41) is 17.8. The van der Waals surface area contributed by atoms with Crippen molar-refractivity contribution in [1.29, 1.82) is 0 Å². The molecule has 0 aliphatic carbocycles. The van der Waals surface area contributed by atoms with Crippen LogP contribution in [0.1, 0.15) is 18.6 Å². The lowest BCUT2D eigenvalue weighted by Crippen LogP contribution is -1.98. The van der Waals surface area contributed by atoms with E-state index >= 15 is 0 Å². The van der Waals surface area contributed by atoms with Crippen molar-refractivity contribution in [1.82, 2.24) is 0 Å². The van der Waals surface area contributed by atoms with Crippen LogP contribution in [0.25, 0.3) is 0 Å². The highest BCUT2D eigenvalue weighted by atomic mass is 16.5. The van der Waals surface area contributed by atoms with Crippen LogP contribution in [0.4, 0.5) is 5.69 Å². The van der Waals surface area contributed by atoms with Crippen molar-refractivity contribution >= 4 is 5.69 Å². The minimum absolute atomic E-state index is 0.544. The number of benzene rings is 1. The second kappa shape index (κ2) is 3.37. The fourth-order valence-electron chi connectivity index (χ4n) is 0.963. The van der Waals surface area contributed by atoms with E-state index in [0.717, 1.165) is 0 Å². The molecule has 1 rings (SSSR count). The molecule has 0 amide bonds. The first-order chi connectivity index (χ1) is 5.25. The molecule has 0 heterocycles. The van der Waals surface area contributed by atoms with Crippen LogP contribution in [0.5, 0.6) is 0 Å². The summed E-state index contributed by atoms with van der Waals surface area (Å²) in [4.78, 5) is 0. The quantitative estimate of drug-likeness (QED) is 0.565. The Labute approximate surface area is 65.3 Å². The van der Waals surface area contributed by atoms with Crippen LogP contribution in [0, 0.1) is 0 Å². The molecule has 0 bridgehead atoms. The molecule has 11 heavy (non-hydrogen) atoms. The lowest BCUT2D eigenvalue weighted by Gasteiger charge is -2.09. The van der Waals surface area contributed by atoms with Crippen LogP contribution in [0.2, 0.25) is 0 Å². The van der Waals surface area contributed by atoms with Gasteiger partial charge in [0.2, 0.25) is 0 Å². The molecule has 0 aliphatic heterocycles. The predicted molar refractivity (Wildman–Crippen MR) is 42.5 cm³/mol. The van der Waals surface area contributed by atoms with Crippen molar-refractivity contribution in [2.45, 2.75) is 13.0 Å². The second-order valence-corrected chi connectivity index (χ2v) is 2.38. The minimum Gasteiger partial charge on any atom is -0.389 e. The van der Waals surface area contributed by atoms with Gasteiger partial charge in [-0.15, -0.1) is 0 Å². The summed E-state index contributed by atoms with van der Waals surface area (Å²) >= 11 is 0. The Balaban J connectivity index is 3.02. The first kappa shape index (κ1) is 8.04. The maximum Gasteiger partial charge on any atom is 0.0782 e. The lowest BCUT2D eigenvalue weighted by atomic mass is 10.1. The molecule has 0 spiro atoms. The Morgan fingerprint density at radius 2 is 2.00 bits per heavy atom. The number of para-hydroxylation sites is 1. The van der Waals surface area contributed by atoms with Gasteiger partial charge in [0, 0.05) is 5.56 Å². The van der Waals surface area contributed by atoms with Crippen molar-refractivity contribution in [3.63, 3.8) is 0 Å². The van der Waals surface area contributed by atoms with Crippen LogP contribution in [0.15, 0.2) is 24.3 Å². The van der Waals surface area contributed by atoms with Gasteiger partial charge in [-0.25, -0.2) is 0 Å². The van der Waals surface area contributed by atoms with Crippen molar-refractivity contribution in [2.24, 2.45) is 0 Å². The Morgan fingerprint density at radius 1 is 1.36 bits per heavy atom. The van der Waals surface area contributed by atoms with Crippen LogP contribution in [-0.4, -0.2) is 10.3 Å². The van der Waals surface area contributed by atoms with Gasteiger partial charge in [0.1, 0.15) is 0 Å². The van der Waals surface area contributed by atoms with Crippen LogP contribution in [-0.2, 0) is 0 Å². The summed E-state index contributed by atoms with van der Waals surface area (Å²) in [5.74, 6) is 0. The third-order valence-electron chi connectivity index (χ3n) is 1.53. The molecule has 60 valence electrons. The average Bonchev–Trinajstić information content (AvgIpc) is 2.04. The standard InChI is InChI=1S/C8H11NO2/c1-6(10)7-4-2-3-5-8(7)9-11/h2-6,9-11H,1H3. The zero-order chi connectivity index (χ0) is 8.27. The topological polar surface area (TPSA) is 52.5 Å². The smallest absolute Gasteiger partial charge is 0.0782 e. The van der Waals surface area contributed by atoms with Crippen LogP contribution >= 0.6 is 0 Å². The van der Waals surface area contributed by atoms with E-state index in [9.17, 15) is 5.11 Å². The number of hydrogen-bond acceptors (Lipinski definition) is 3. The van der Waals surface area contributed by atoms with E-state index in [0.29, 0.717) is 11.3 Å². The number of nitrogens with one attached hydrogen (secondary N) is 1. The van der Waals surface area contributed by atoms with E-state index in [2.05, 4.69) is 0 Å². The van der Waals surface area contributed by atoms with E-state index < -0.39 is 6.10 Å². The summed E-state index contributed by atoms with van der Waals surface area (Å²) in [5.41, 5.74) is 3.25. The summed E-state index contributed by atoms with van der Waals surface area (Å²) < 4.78 is 0. The number of aliphatic hydroxyl groups is 1. The van der Waals surface area contributed by atoms with Gasteiger partial charge >= 0.3 is 0 Å². The first-order valence-electron chi connectivity index (χ1n) is 3.43. The highest BCUT2D eigenvalue weighted by Gasteiger charge is 2.04. The zero-order valence-corrected chi connectivity index (χ0v) is 6.28. The van der Waals surface area contributed by atoms with Gasteiger partial charge < -0.3 is 5.11 Å². The van der Waals surface area contributed by atoms with Gasteiger partial charge in [0.05, 0.1) is 11.8 Å². The van der Waals surface area contributed by atoms with E-state index in [1.807, 2.05) is 11.5 Å². The summed E-state index contributed by atoms with van der Waals surface area (Å²) in [6.45, 7) is 1.65. The number of hydrogen-bond donors (Lipinski definition) is 3. The van der Waals surface area contributed by atoms with E-state index in [4.69, 9.17) is 5.21 Å². The van der Waals surface area contributed by atoms with Gasteiger partial charge in [0.25, 0.3) is 0 Å². The Bertz CT molecular complexity index is 235. The largest absolute Gasteiger partial charge is 0.389 e. The monoisotopic (exact) mass is 153 g/mol. The summed E-state index contributed by atoms with van der Waals surface area (Å²) in [6, 6.07) is 7.04. The molecular formula is C8H11NO2. The summed E-state index contributed by atoms with van der Waals surface area (Å²) in [6.07, 6.45) is -0.564. The maximum atomic E-state index is 9.18. The predicted octanol–water partition coefficient (Wildman–Crippen LogP) is 1.54. The average molecular weight is 153 g/mol. The highest BCUT2D eigenvalue weighted by Crippen LogP contribution is 2.20. The molecular weight excluding hydrogens is 142 g/mol. The van der Waals surface area contributed by atoms with Crippen LogP contribution < -0.4 is 5.48 Å². The molecule has 0 aromatic heterocycles. The van der Waals surface area contributed by atoms with Crippen molar-refractivity contribution in [3.05, 3.63) is 29.8 Å². The maximum absolute atomic E-state index is 9.18. The van der Waals surface area contributed by atoms with Crippen molar-refractivity contribution < 1.29 is 10.3 Å². The van der Waals surface area contributed by atoms with Gasteiger partial charge in [0.15, 0.2) is 0 Å². The van der Waals surface area contributed by atoms with Crippen LogP contribution in [0.3, 0.4) is 0 Å². The number of aliphatic hydroxyl groups excluding tert-OH is 1. The van der Waals surface area contributed by atoms with Gasteiger partial charge in [-0.05, 0) is 13.0 Å². The second-order valence-electron chi connectivity index (χ2n) is 2.38. The SMILES string of the molecule is CC(O)c1ccccc1NO. The molecule has 0 saturated carbocycles. The van der Waals surface area contributed by atoms with Gasteiger partial charge in [-0.3, -0.25) is 10.7 Å². The minimum atomic E-state index is -0.564. The molecule has 0 aliphatic rings. The third-order valence-corrected chi connectivity index (χ3v) is 1.53. The molecule has 3 nitrogen and oxygen atoms in total. The molecule has 0 radical (unpaired) electrons. The molecule has 0 fully saturated rings. The number of anilines is 1. The molecule has 3 heteroatoms. The Hall–Kier alpha value is -1.06. The molecule has 3 N–H and O–H groups in total. The van der Waals surface area contributed by atoms with Gasteiger partial charge in [-0.2, -0.15) is 0 Å². The third kappa shape index (κ3) is 1.69. The van der Waals surface area contributed by atoms with Crippen molar-refractivity contribution in [2.75, 3.05) is 5.48 Å². The normalized spacial score (nSPS) is 12.6. The summed E-state index contributed by atoms with van der Waals surface area (Å²) in [7, 11) is 0. The fourth-order valence-corrected chi connectivity index (χ4v) is 0.963. The van der Waals surface area contributed by atoms with E-state index in [-0.39, 0.29) is 0 Å². The first-order valence-corrected chi connectivity index (χ1v) is 3.43. The lowest BCUT2D eigenvalue weighted by molar-refractivity contribution is 0.199. The Kier molecular flexibility index (Phi) is 2.46. The van der Waals surface area contributed by atoms with E-state index in [1.54, 1.807) is 25.1 Å². The fraction of sp³-hybridized carbons (Fsp3) is 0.250. The molecule has 1 unspecified atom stereocenters. The zero-order valence-electron chi connectivity index (χ0n) is 6.28. The Morgan fingerprint density at radius 3 is 2.45 bits per heavy atom.